The van der Waals surface area contributed by atoms with Crippen LogP contribution in [0.3, 0.4) is 0 Å². The van der Waals surface area contributed by atoms with Gasteiger partial charge in [-0.2, -0.15) is 0 Å². The van der Waals surface area contributed by atoms with E-state index in [0.717, 1.165) is 19.3 Å². The van der Waals surface area contributed by atoms with Crippen LogP contribution >= 0.6 is 0 Å². The molecule has 1 aromatic carbocycles. The van der Waals surface area contributed by atoms with Crippen LogP contribution in [0.2, 0.25) is 0 Å². The Kier molecular flexibility index (Phi) is 4.46. The van der Waals surface area contributed by atoms with Crippen molar-refractivity contribution in [2.75, 3.05) is 6.54 Å². The van der Waals surface area contributed by atoms with Crippen LogP contribution in [0.25, 0.3) is 0 Å². The summed E-state index contributed by atoms with van der Waals surface area (Å²) in [6, 6.07) is 9.71. The minimum Gasteiger partial charge on any atom is -0.373 e. The Bertz CT molecular complexity index is 391. The maximum atomic E-state index is 4.26. The van der Waals surface area contributed by atoms with E-state index in [1.54, 1.807) is 0 Å². The molecule has 0 saturated carbocycles. The van der Waals surface area contributed by atoms with Gasteiger partial charge in [-0.25, -0.2) is 0 Å². The smallest absolute Gasteiger partial charge is 0.0259 e. The van der Waals surface area contributed by atoms with Gasteiger partial charge in [0.25, 0.3) is 0 Å². The fourth-order valence-corrected chi connectivity index (χ4v) is 2.78. The highest BCUT2D eigenvalue weighted by atomic mass is 15.2. The fourth-order valence-electron chi connectivity index (χ4n) is 2.78. The molecule has 1 heteroatoms. The highest BCUT2D eigenvalue weighted by Crippen LogP contribution is 2.23. The molecule has 0 radical (unpaired) electrons. The molecule has 2 rings (SSSR count). The third-order valence-corrected chi connectivity index (χ3v) is 4.09. The molecule has 0 bridgehead atoms. The lowest BCUT2D eigenvalue weighted by Gasteiger charge is -2.26. The number of rotatable bonds is 5. The summed E-state index contributed by atoms with van der Waals surface area (Å²) in [6.07, 6.45) is 5.98. The lowest BCUT2D eigenvalue weighted by atomic mass is 10.0. The van der Waals surface area contributed by atoms with E-state index < -0.39 is 0 Å². The molecule has 1 aromatic rings. The number of nitrogens with zero attached hydrogens (tertiary/aromatic N) is 1. The SMILES string of the molecule is C=C(CCc1ccc(CC)cc1)N1CCCC1C. The second kappa shape index (κ2) is 6.08. The highest BCUT2D eigenvalue weighted by Gasteiger charge is 2.20. The topological polar surface area (TPSA) is 3.24 Å². The third-order valence-electron chi connectivity index (χ3n) is 4.09. The number of aryl methyl sites for hydroxylation is 2. The van der Waals surface area contributed by atoms with Crippen molar-refractivity contribution in [3.63, 3.8) is 0 Å². The fraction of sp³-hybridized carbons (Fsp3) is 0.529. The standard InChI is InChI=1S/C17H25N/c1-4-16-9-11-17(12-10-16)8-7-15(3)18-13-5-6-14(18)2/h9-12,14H,3-8,13H2,1-2H3. The zero-order valence-corrected chi connectivity index (χ0v) is 11.8. The first-order valence-electron chi connectivity index (χ1n) is 7.23. The molecular weight excluding hydrogens is 218 g/mol. The summed E-state index contributed by atoms with van der Waals surface area (Å²) in [7, 11) is 0. The minimum absolute atomic E-state index is 0.694. The van der Waals surface area contributed by atoms with E-state index in [1.807, 2.05) is 0 Å². The first kappa shape index (κ1) is 13.2. The van der Waals surface area contributed by atoms with Crippen molar-refractivity contribution in [3.8, 4) is 0 Å². The maximum absolute atomic E-state index is 4.26. The van der Waals surface area contributed by atoms with Gasteiger partial charge in [-0.1, -0.05) is 37.8 Å². The van der Waals surface area contributed by atoms with Gasteiger partial charge in [0.05, 0.1) is 0 Å². The summed E-state index contributed by atoms with van der Waals surface area (Å²) in [5.74, 6) is 0. The highest BCUT2D eigenvalue weighted by molar-refractivity contribution is 5.23. The van der Waals surface area contributed by atoms with E-state index in [9.17, 15) is 0 Å². The first-order chi connectivity index (χ1) is 8.70. The number of allylic oxidation sites excluding steroid dienone is 1. The van der Waals surface area contributed by atoms with Gasteiger partial charge in [-0.05, 0) is 50.2 Å². The molecule has 1 heterocycles. The zero-order chi connectivity index (χ0) is 13.0. The Hall–Kier alpha value is -1.24. The average Bonchev–Trinajstić information content (AvgIpc) is 2.83. The van der Waals surface area contributed by atoms with E-state index >= 15 is 0 Å². The second-order valence-electron chi connectivity index (χ2n) is 5.42. The Labute approximate surface area is 112 Å². The monoisotopic (exact) mass is 243 g/mol. The lowest BCUT2D eigenvalue weighted by Crippen LogP contribution is -2.25. The molecule has 0 aromatic heterocycles. The molecule has 0 N–H and O–H groups in total. The molecule has 0 aliphatic carbocycles. The van der Waals surface area contributed by atoms with Crippen molar-refractivity contribution in [2.24, 2.45) is 0 Å². The van der Waals surface area contributed by atoms with Crippen LogP contribution in [-0.4, -0.2) is 17.5 Å². The molecule has 0 amide bonds. The molecule has 1 unspecified atom stereocenters. The number of benzene rings is 1. The van der Waals surface area contributed by atoms with Crippen molar-refractivity contribution in [2.45, 2.75) is 52.0 Å². The van der Waals surface area contributed by atoms with Gasteiger partial charge in [-0.3, -0.25) is 0 Å². The first-order valence-corrected chi connectivity index (χ1v) is 7.23. The van der Waals surface area contributed by atoms with Crippen molar-refractivity contribution in [3.05, 3.63) is 47.7 Å². The van der Waals surface area contributed by atoms with Gasteiger partial charge < -0.3 is 4.90 Å². The Morgan fingerprint density at radius 1 is 1.28 bits per heavy atom. The van der Waals surface area contributed by atoms with Crippen molar-refractivity contribution in [1.82, 2.24) is 4.90 Å². The number of likely N-dealkylation sites (tertiary alicyclic amines) is 1. The largest absolute Gasteiger partial charge is 0.373 e. The molecule has 1 nitrogen and oxygen atoms in total. The van der Waals surface area contributed by atoms with E-state index in [1.165, 1.54) is 36.2 Å². The lowest BCUT2D eigenvalue weighted by molar-refractivity contribution is 0.329. The molecule has 0 spiro atoms. The van der Waals surface area contributed by atoms with Crippen LogP contribution < -0.4 is 0 Å². The van der Waals surface area contributed by atoms with Gasteiger partial charge >= 0.3 is 0 Å². The van der Waals surface area contributed by atoms with Gasteiger partial charge in [0.15, 0.2) is 0 Å². The molecule has 1 atom stereocenters. The van der Waals surface area contributed by atoms with Crippen molar-refractivity contribution >= 4 is 0 Å². The van der Waals surface area contributed by atoms with Crippen LogP contribution in [-0.2, 0) is 12.8 Å². The molecule has 1 fully saturated rings. The zero-order valence-electron chi connectivity index (χ0n) is 11.8. The van der Waals surface area contributed by atoms with Crippen LogP contribution in [0, 0.1) is 0 Å². The maximum Gasteiger partial charge on any atom is 0.0259 e. The minimum atomic E-state index is 0.694. The molecule has 18 heavy (non-hydrogen) atoms. The van der Waals surface area contributed by atoms with Gasteiger partial charge in [0, 0.05) is 18.3 Å². The van der Waals surface area contributed by atoms with Gasteiger partial charge in [0.2, 0.25) is 0 Å². The Balaban J connectivity index is 1.85. The quantitative estimate of drug-likeness (QED) is 0.750. The number of hydrogen-bond acceptors (Lipinski definition) is 1. The summed E-state index contributed by atoms with van der Waals surface area (Å²) in [5, 5.41) is 0. The summed E-state index contributed by atoms with van der Waals surface area (Å²) in [4.78, 5) is 2.49. The summed E-state index contributed by atoms with van der Waals surface area (Å²) in [6.45, 7) is 9.98. The molecule has 1 aliphatic heterocycles. The molecular formula is C17H25N. The van der Waals surface area contributed by atoms with Crippen molar-refractivity contribution < 1.29 is 0 Å². The summed E-state index contributed by atoms with van der Waals surface area (Å²) >= 11 is 0. The van der Waals surface area contributed by atoms with E-state index in [4.69, 9.17) is 0 Å². The molecule has 98 valence electrons. The van der Waals surface area contributed by atoms with Gasteiger partial charge in [0.1, 0.15) is 0 Å². The third kappa shape index (κ3) is 3.16. The van der Waals surface area contributed by atoms with E-state index in [0.29, 0.717) is 6.04 Å². The van der Waals surface area contributed by atoms with E-state index in [-0.39, 0.29) is 0 Å². The van der Waals surface area contributed by atoms with Crippen LogP contribution in [0.15, 0.2) is 36.5 Å². The molecule has 1 aliphatic rings. The Morgan fingerprint density at radius 2 is 1.94 bits per heavy atom. The summed E-state index contributed by atoms with van der Waals surface area (Å²) in [5.41, 5.74) is 4.17. The second-order valence-corrected chi connectivity index (χ2v) is 5.42. The normalized spacial score (nSPS) is 19.2. The van der Waals surface area contributed by atoms with Crippen LogP contribution in [0.4, 0.5) is 0 Å². The predicted molar refractivity (Wildman–Crippen MR) is 78.7 cm³/mol. The summed E-state index contributed by atoms with van der Waals surface area (Å²) < 4.78 is 0. The molecule has 1 saturated heterocycles. The average molecular weight is 243 g/mol. The van der Waals surface area contributed by atoms with Crippen LogP contribution in [0.5, 0.6) is 0 Å². The number of hydrogen-bond donors (Lipinski definition) is 0. The van der Waals surface area contributed by atoms with Crippen molar-refractivity contribution in [1.29, 1.82) is 0 Å². The van der Waals surface area contributed by atoms with Crippen LogP contribution in [0.1, 0.15) is 44.2 Å². The van der Waals surface area contributed by atoms with E-state index in [2.05, 4.69) is 49.6 Å². The Morgan fingerprint density at radius 3 is 2.50 bits per heavy atom. The predicted octanol–water partition coefficient (Wildman–Crippen LogP) is 4.18. The van der Waals surface area contributed by atoms with Gasteiger partial charge in [-0.15, -0.1) is 0 Å².